The lowest BCUT2D eigenvalue weighted by molar-refractivity contribution is -0.0749. The van der Waals surface area contributed by atoms with Crippen LogP contribution < -0.4 is 0 Å². The number of halogens is 2. The first kappa shape index (κ1) is 15.0. The smallest absolute Gasteiger partial charge is 0.0948 e. The third kappa shape index (κ3) is 3.60. The van der Waals surface area contributed by atoms with Crippen LogP contribution in [-0.2, 0) is 11.3 Å². The van der Waals surface area contributed by atoms with E-state index in [1.165, 1.54) is 0 Å². The summed E-state index contributed by atoms with van der Waals surface area (Å²) in [6.07, 6.45) is -0.821. The summed E-state index contributed by atoms with van der Waals surface area (Å²) in [4.78, 5) is 2.06. The van der Waals surface area contributed by atoms with Crippen LogP contribution >= 0.6 is 23.2 Å². The summed E-state index contributed by atoms with van der Waals surface area (Å²) >= 11 is 12.2. The second-order valence-corrected chi connectivity index (χ2v) is 5.36. The monoisotopic (exact) mass is 305 g/mol. The van der Waals surface area contributed by atoms with Crippen molar-refractivity contribution in [2.24, 2.45) is 0 Å². The van der Waals surface area contributed by atoms with Crippen molar-refractivity contribution in [1.29, 1.82) is 0 Å². The molecule has 1 heterocycles. The van der Waals surface area contributed by atoms with Gasteiger partial charge in [-0.15, -0.1) is 0 Å². The average molecular weight is 306 g/mol. The van der Waals surface area contributed by atoms with E-state index in [0.717, 1.165) is 5.56 Å². The molecular weight excluding hydrogens is 289 g/mol. The molecule has 1 aliphatic rings. The highest BCUT2D eigenvalue weighted by atomic mass is 35.5. The van der Waals surface area contributed by atoms with E-state index in [4.69, 9.17) is 33.0 Å². The molecule has 0 aromatic heterocycles. The van der Waals surface area contributed by atoms with E-state index in [1.54, 1.807) is 6.07 Å². The molecule has 1 saturated heterocycles. The molecule has 0 radical (unpaired) electrons. The number of hydrogen-bond donors (Lipinski definition) is 2. The van der Waals surface area contributed by atoms with Crippen LogP contribution in [0.3, 0.4) is 0 Å². The van der Waals surface area contributed by atoms with Crippen molar-refractivity contribution in [2.75, 3.05) is 26.4 Å². The first-order chi connectivity index (χ1) is 9.13. The molecular formula is C13H17Cl2NO3. The maximum absolute atomic E-state index is 9.82. The van der Waals surface area contributed by atoms with Gasteiger partial charge in [-0.2, -0.15) is 0 Å². The van der Waals surface area contributed by atoms with E-state index in [9.17, 15) is 5.11 Å². The normalized spacial score (nSPS) is 22.4. The summed E-state index contributed by atoms with van der Waals surface area (Å²) in [7, 11) is 0. The van der Waals surface area contributed by atoms with Gasteiger partial charge in [-0.25, -0.2) is 0 Å². The van der Waals surface area contributed by atoms with Crippen molar-refractivity contribution in [2.45, 2.75) is 18.7 Å². The maximum atomic E-state index is 9.82. The Bertz CT molecular complexity index is 430. The maximum Gasteiger partial charge on any atom is 0.0948 e. The van der Waals surface area contributed by atoms with Crippen LogP contribution in [0.4, 0.5) is 0 Å². The van der Waals surface area contributed by atoms with E-state index in [-0.39, 0.29) is 12.6 Å². The molecule has 0 spiro atoms. The predicted octanol–water partition coefficient (Wildman–Crippen LogP) is 1.55. The number of hydrogen-bond acceptors (Lipinski definition) is 4. The van der Waals surface area contributed by atoms with Crippen LogP contribution in [0.25, 0.3) is 0 Å². The Labute approximate surface area is 122 Å². The number of aliphatic hydroxyl groups excluding tert-OH is 2. The van der Waals surface area contributed by atoms with Gasteiger partial charge in [0.15, 0.2) is 0 Å². The molecule has 1 aromatic carbocycles. The number of aliphatic hydroxyl groups is 2. The van der Waals surface area contributed by atoms with Crippen LogP contribution in [0.1, 0.15) is 5.56 Å². The van der Waals surface area contributed by atoms with Crippen molar-refractivity contribution in [3.63, 3.8) is 0 Å². The largest absolute Gasteiger partial charge is 0.394 e. The van der Waals surface area contributed by atoms with Crippen molar-refractivity contribution in [3.8, 4) is 0 Å². The zero-order valence-corrected chi connectivity index (χ0v) is 11.9. The van der Waals surface area contributed by atoms with Crippen LogP contribution in [0.5, 0.6) is 0 Å². The molecule has 1 aromatic rings. The fourth-order valence-corrected chi connectivity index (χ4v) is 2.60. The quantitative estimate of drug-likeness (QED) is 0.886. The molecule has 2 atom stereocenters. The Morgan fingerprint density at radius 1 is 1.42 bits per heavy atom. The van der Waals surface area contributed by atoms with Crippen LogP contribution in [0.2, 0.25) is 10.0 Å². The van der Waals surface area contributed by atoms with E-state index in [1.807, 2.05) is 12.1 Å². The fourth-order valence-electron chi connectivity index (χ4n) is 2.22. The second kappa shape index (κ2) is 6.88. The molecule has 0 bridgehead atoms. The topological polar surface area (TPSA) is 52.9 Å². The number of benzene rings is 1. The lowest BCUT2D eigenvalue weighted by atomic mass is 10.1. The molecule has 2 rings (SSSR count). The minimum Gasteiger partial charge on any atom is -0.394 e. The fraction of sp³-hybridized carbons (Fsp3) is 0.538. The third-order valence-electron chi connectivity index (χ3n) is 3.32. The highest BCUT2D eigenvalue weighted by Crippen LogP contribution is 2.27. The molecule has 1 aliphatic heterocycles. The van der Waals surface area contributed by atoms with Gasteiger partial charge in [0.2, 0.25) is 0 Å². The predicted molar refractivity (Wildman–Crippen MR) is 74.6 cm³/mol. The lowest BCUT2D eigenvalue weighted by Crippen LogP contribution is -2.52. The molecule has 106 valence electrons. The Kier molecular flexibility index (Phi) is 5.45. The summed E-state index contributed by atoms with van der Waals surface area (Å²) < 4.78 is 5.36. The van der Waals surface area contributed by atoms with Gasteiger partial charge in [0.25, 0.3) is 0 Å². The Balaban J connectivity index is 2.13. The van der Waals surface area contributed by atoms with Gasteiger partial charge in [0.1, 0.15) is 0 Å². The Hall–Kier alpha value is -0.360. The van der Waals surface area contributed by atoms with Gasteiger partial charge in [-0.05, 0) is 11.6 Å². The van der Waals surface area contributed by atoms with Gasteiger partial charge < -0.3 is 14.9 Å². The highest BCUT2D eigenvalue weighted by molar-refractivity contribution is 6.42. The first-order valence-electron chi connectivity index (χ1n) is 6.17. The zero-order chi connectivity index (χ0) is 13.8. The minimum atomic E-state index is -0.821. The van der Waals surface area contributed by atoms with Gasteiger partial charge in [-0.3, -0.25) is 4.90 Å². The summed E-state index contributed by atoms with van der Waals surface area (Å²) in [6.45, 7) is 1.98. The highest BCUT2D eigenvalue weighted by Gasteiger charge is 2.29. The number of morpholine rings is 1. The number of ether oxygens (including phenoxy) is 1. The van der Waals surface area contributed by atoms with Gasteiger partial charge >= 0.3 is 0 Å². The van der Waals surface area contributed by atoms with Gasteiger partial charge in [-0.1, -0.05) is 35.3 Å². The molecule has 1 fully saturated rings. The first-order valence-corrected chi connectivity index (χ1v) is 6.92. The minimum absolute atomic E-state index is 0.228. The molecule has 4 nitrogen and oxygen atoms in total. The lowest BCUT2D eigenvalue weighted by Gasteiger charge is -2.37. The molecule has 6 heteroatoms. The number of nitrogens with zero attached hydrogens (tertiary/aromatic N) is 1. The van der Waals surface area contributed by atoms with Crippen molar-refractivity contribution >= 4 is 23.2 Å². The van der Waals surface area contributed by atoms with Crippen LogP contribution in [0.15, 0.2) is 18.2 Å². The SMILES string of the molecule is OC[C@H](O)[C@H]1COCCN1Cc1cccc(Cl)c1Cl. The van der Waals surface area contributed by atoms with E-state index in [2.05, 4.69) is 4.90 Å². The third-order valence-corrected chi connectivity index (χ3v) is 4.17. The Morgan fingerprint density at radius 2 is 2.21 bits per heavy atom. The molecule has 19 heavy (non-hydrogen) atoms. The average Bonchev–Trinajstić information content (AvgIpc) is 2.43. The van der Waals surface area contributed by atoms with Gasteiger partial charge in [0, 0.05) is 13.1 Å². The van der Waals surface area contributed by atoms with E-state index < -0.39 is 6.10 Å². The molecule has 0 aliphatic carbocycles. The van der Waals surface area contributed by atoms with E-state index in [0.29, 0.717) is 36.3 Å². The standard InChI is InChI=1S/C13H17Cl2NO3/c14-10-3-1-2-9(13(10)15)6-16-4-5-19-8-11(16)12(18)7-17/h1-3,11-12,17-18H,4-8H2/t11-,12+/m1/s1. The Morgan fingerprint density at radius 3 is 2.95 bits per heavy atom. The summed E-state index contributed by atoms with van der Waals surface area (Å²) in [6, 6.07) is 5.27. The summed E-state index contributed by atoms with van der Waals surface area (Å²) in [5.74, 6) is 0. The number of rotatable bonds is 4. The van der Waals surface area contributed by atoms with E-state index >= 15 is 0 Å². The summed E-state index contributed by atoms with van der Waals surface area (Å²) in [5.41, 5.74) is 0.909. The molecule has 0 amide bonds. The van der Waals surface area contributed by atoms with Gasteiger partial charge in [0.05, 0.1) is 42.0 Å². The molecule has 0 saturated carbocycles. The van der Waals surface area contributed by atoms with Crippen LogP contribution in [-0.4, -0.2) is 53.6 Å². The zero-order valence-electron chi connectivity index (χ0n) is 10.4. The second-order valence-electron chi connectivity index (χ2n) is 4.58. The van der Waals surface area contributed by atoms with Crippen molar-refractivity contribution < 1.29 is 14.9 Å². The van der Waals surface area contributed by atoms with Crippen molar-refractivity contribution in [1.82, 2.24) is 4.90 Å². The summed E-state index contributed by atoms with van der Waals surface area (Å²) in [5, 5.41) is 20.0. The van der Waals surface area contributed by atoms with Crippen molar-refractivity contribution in [3.05, 3.63) is 33.8 Å². The molecule has 2 N–H and O–H groups in total. The molecule has 0 unspecified atom stereocenters. The van der Waals surface area contributed by atoms with Crippen LogP contribution in [0, 0.1) is 0 Å².